The van der Waals surface area contributed by atoms with Crippen LogP contribution in [0.4, 0.5) is 11.4 Å². The molecule has 2 rings (SSSR count). The van der Waals surface area contributed by atoms with Gasteiger partial charge in [-0.3, -0.25) is 14.9 Å². The topological polar surface area (TPSA) is 72.2 Å². The van der Waals surface area contributed by atoms with Gasteiger partial charge in [-0.15, -0.1) is 11.8 Å². The molecule has 2 aromatic carbocycles. The van der Waals surface area contributed by atoms with Crippen molar-refractivity contribution in [3.8, 4) is 0 Å². The lowest BCUT2D eigenvalue weighted by atomic mass is 10.3. The fourth-order valence-electron chi connectivity index (χ4n) is 1.57. The van der Waals surface area contributed by atoms with Crippen LogP contribution in [-0.2, 0) is 4.79 Å². The molecule has 5 nitrogen and oxygen atoms in total. The molecule has 1 amide bonds. The highest BCUT2D eigenvalue weighted by atomic mass is 35.5. The first-order valence-corrected chi connectivity index (χ1v) is 7.34. The van der Waals surface area contributed by atoms with E-state index in [-0.39, 0.29) is 22.4 Å². The maximum Gasteiger partial charge on any atom is 0.271 e. The second-order valence-corrected chi connectivity index (χ2v) is 5.53. The fourth-order valence-corrected chi connectivity index (χ4v) is 2.51. The van der Waals surface area contributed by atoms with Crippen molar-refractivity contribution in [3.05, 3.63) is 63.7 Å². The zero-order chi connectivity index (χ0) is 15.2. The SMILES string of the molecule is O=C(CSc1ccccc1)Nc1ccc([N+](=O)[O-])cc1Cl. The number of nitro groups is 1. The van der Waals surface area contributed by atoms with E-state index in [4.69, 9.17) is 11.6 Å². The van der Waals surface area contributed by atoms with Crippen LogP contribution in [0, 0.1) is 10.1 Å². The number of nitro benzene ring substituents is 1. The summed E-state index contributed by atoms with van der Waals surface area (Å²) < 4.78 is 0. The summed E-state index contributed by atoms with van der Waals surface area (Å²) in [6.45, 7) is 0. The Morgan fingerprint density at radius 2 is 1.95 bits per heavy atom. The van der Waals surface area contributed by atoms with E-state index in [9.17, 15) is 14.9 Å². The van der Waals surface area contributed by atoms with Crippen molar-refractivity contribution in [2.24, 2.45) is 0 Å². The van der Waals surface area contributed by atoms with E-state index in [0.717, 1.165) is 4.90 Å². The standard InChI is InChI=1S/C14H11ClN2O3S/c15-12-8-10(17(19)20)6-7-13(12)16-14(18)9-21-11-4-2-1-3-5-11/h1-8H,9H2,(H,16,18). The Bertz CT molecular complexity index is 665. The van der Waals surface area contributed by atoms with Crippen molar-refractivity contribution in [1.82, 2.24) is 0 Å². The Balaban J connectivity index is 1.95. The molecule has 0 heterocycles. The molecule has 2 aromatic rings. The summed E-state index contributed by atoms with van der Waals surface area (Å²) in [7, 11) is 0. The molecule has 0 aliphatic rings. The predicted molar refractivity (Wildman–Crippen MR) is 83.9 cm³/mol. The molecule has 7 heteroatoms. The molecule has 0 saturated heterocycles. The lowest BCUT2D eigenvalue weighted by Gasteiger charge is -2.07. The van der Waals surface area contributed by atoms with Gasteiger partial charge in [-0.2, -0.15) is 0 Å². The smallest absolute Gasteiger partial charge is 0.271 e. The summed E-state index contributed by atoms with van der Waals surface area (Å²) >= 11 is 7.31. The van der Waals surface area contributed by atoms with Crippen molar-refractivity contribution in [1.29, 1.82) is 0 Å². The molecule has 0 radical (unpaired) electrons. The van der Waals surface area contributed by atoms with Crippen molar-refractivity contribution < 1.29 is 9.72 Å². The number of thioether (sulfide) groups is 1. The van der Waals surface area contributed by atoms with Crippen LogP contribution in [0.3, 0.4) is 0 Å². The minimum atomic E-state index is -0.539. The largest absolute Gasteiger partial charge is 0.324 e. The van der Waals surface area contributed by atoms with E-state index in [2.05, 4.69) is 5.32 Å². The first kappa shape index (κ1) is 15.3. The number of amides is 1. The molecule has 0 atom stereocenters. The van der Waals surface area contributed by atoms with Gasteiger partial charge in [-0.1, -0.05) is 29.8 Å². The number of halogens is 1. The van der Waals surface area contributed by atoms with Crippen LogP contribution in [0.2, 0.25) is 5.02 Å². The zero-order valence-corrected chi connectivity index (χ0v) is 12.4. The third-order valence-electron chi connectivity index (χ3n) is 2.55. The minimum absolute atomic E-state index is 0.114. The molecule has 0 fully saturated rings. The summed E-state index contributed by atoms with van der Waals surface area (Å²) in [4.78, 5) is 22.9. The second-order valence-electron chi connectivity index (χ2n) is 4.07. The zero-order valence-electron chi connectivity index (χ0n) is 10.8. The Hall–Kier alpha value is -2.05. The third-order valence-corrected chi connectivity index (χ3v) is 3.88. The van der Waals surface area contributed by atoms with Gasteiger partial charge in [0.1, 0.15) is 0 Å². The highest BCUT2D eigenvalue weighted by Crippen LogP contribution is 2.27. The van der Waals surface area contributed by atoms with E-state index in [0.29, 0.717) is 5.69 Å². The summed E-state index contributed by atoms with van der Waals surface area (Å²) in [5.41, 5.74) is 0.248. The number of hydrogen-bond donors (Lipinski definition) is 1. The molecule has 0 aliphatic carbocycles. The summed E-state index contributed by atoms with van der Waals surface area (Å²) in [5, 5.41) is 13.4. The Kier molecular flexibility index (Phi) is 5.19. The number of nitrogens with one attached hydrogen (secondary N) is 1. The number of rotatable bonds is 5. The van der Waals surface area contributed by atoms with Crippen LogP contribution in [0.15, 0.2) is 53.4 Å². The monoisotopic (exact) mass is 322 g/mol. The van der Waals surface area contributed by atoms with E-state index in [1.807, 2.05) is 30.3 Å². The molecule has 0 spiro atoms. The molecule has 1 N–H and O–H groups in total. The number of carbonyl (C=O) groups excluding carboxylic acids is 1. The van der Waals surface area contributed by atoms with Crippen LogP contribution in [-0.4, -0.2) is 16.6 Å². The van der Waals surface area contributed by atoms with Crippen molar-refractivity contribution >= 4 is 40.6 Å². The first-order chi connectivity index (χ1) is 10.1. The lowest BCUT2D eigenvalue weighted by molar-refractivity contribution is -0.384. The molecular formula is C14H11ClN2O3S. The maximum absolute atomic E-state index is 11.8. The van der Waals surface area contributed by atoms with E-state index >= 15 is 0 Å². The second kappa shape index (κ2) is 7.10. The third kappa shape index (κ3) is 4.47. The number of non-ortho nitro benzene ring substituents is 1. The molecule has 0 aromatic heterocycles. The minimum Gasteiger partial charge on any atom is -0.324 e. The number of hydrogen-bond acceptors (Lipinski definition) is 4. The maximum atomic E-state index is 11.8. The van der Waals surface area contributed by atoms with E-state index in [1.165, 1.54) is 30.0 Å². The molecule has 0 saturated carbocycles. The molecule has 0 unspecified atom stereocenters. The first-order valence-electron chi connectivity index (χ1n) is 5.98. The number of anilines is 1. The van der Waals surface area contributed by atoms with Crippen LogP contribution in [0.25, 0.3) is 0 Å². The summed E-state index contributed by atoms with van der Waals surface area (Å²) in [6, 6.07) is 13.5. The molecular weight excluding hydrogens is 312 g/mol. The average Bonchev–Trinajstić information content (AvgIpc) is 2.48. The van der Waals surface area contributed by atoms with E-state index in [1.54, 1.807) is 0 Å². The van der Waals surface area contributed by atoms with Gasteiger partial charge in [0.15, 0.2) is 0 Å². The quantitative estimate of drug-likeness (QED) is 0.513. The highest BCUT2D eigenvalue weighted by molar-refractivity contribution is 8.00. The van der Waals surface area contributed by atoms with Gasteiger partial charge >= 0.3 is 0 Å². The molecule has 108 valence electrons. The van der Waals surface area contributed by atoms with Gasteiger partial charge in [0.2, 0.25) is 5.91 Å². The van der Waals surface area contributed by atoms with Crippen LogP contribution in [0.5, 0.6) is 0 Å². The van der Waals surface area contributed by atoms with Gasteiger partial charge in [0, 0.05) is 17.0 Å². The van der Waals surface area contributed by atoms with Gasteiger partial charge < -0.3 is 5.32 Å². The number of benzene rings is 2. The summed E-state index contributed by atoms with van der Waals surface area (Å²) in [5.74, 6) is 0.0109. The average molecular weight is 323 g/mol. The van der Waals surface area contributed by atoms with E-state index < -0.39 is 4.92 Å². The molecule has 21 heavy (non-hydrogen) atoms. The Labute approximate surface area is 130 Å². The van der Waals surface area contributed by atoms with Gasteiger partial charge in [-0.05, 0) is 18.2 Å². The van der Waals surface area contributed by atoms with Gasteiger partial charge in [0.05, 0.1) is 21.4 Å². The van der Waals surface area contributed by atoms with Crippen LogP contribution >= 0.6 is 23.4 Å². The number of carbonyl (C=O) groups is 1. The van der Waals surface area contributed by atoms with Crippen LogP contribution < -0.4 is 5.32 Å². The Morgan fingerprint density at radius 1 is 1.24 bits per heavy atom. The number of nitrogens with zero attached hydrogens (tertiary/aromatic N) is 1. The predicted octanol–water partition coefficient (Wildman–Crippen LogP) is 3.98. The van der Waals surface area contributed by atoms with Crippen LogP contribution in [0.1, 0.15) is 0 Å². The molecule has 0 bridgehead atoms. The van der Waals surface area contributed by atoms with Crippen molar-refractivity contribution in [3.63, 3.8) is 0 Å². The van der Waals surface area contributed by atoms with Gasteiger partial charge in [-0.25, -0.2) is 0 Å². The lowest BCUT2D eigenvalue weighted by Crippen LogP contribution is -2.14. The normalized spacial score (nSPS) is 10.1. The van der Waals surface area contributed by atoms with Gasteiger partial charge in [0.25, 0.3) is 5.69 Å². The van der Waals surface area contributed by atoms with Crippen molar-refractivity contribution in [2.45, 2.75) is 4.90 Å². The Morgan fingerprint density at radius 3 is 2.57 bits per heavy atom. The highest BCUT2D eigenvalue weighted by Gasteiger charge is 2.11. The fraction of sp³-hybridized carbons (Fsp3) is 0.0714. The van der Waals surface area contributed by atoms with Crippen molar-refractivity contribution in [2.75, 3.05) is 11.1 Å². The summed E-state index contributed by atoms with van der Waals surface area (Å²) in [6.07, 6.45) is 0. The molecule has 0 aliphatic heterocycles.